The second-order valence-electron chi connectivity index (χ2n) is 9.03. The monoisotopic (exact) mass is 525 g/mol. The number of hydrogen-bond donors (Lipinski definition) is 5. The number of phenols is 1. The Morgan fingerprint density at radius 2 is 1.74 bits per heavy atom. The van der Waals surface area contributed by atoms with E-state index in [0.29, 0.717) is 16.9 Å². The van der Waals surface area contributed by atoms with Crippen molar-refractivity contribution in [3.05, 3.63) is 59.7 Å². The van der Waals surface area contributed by atoms with Crippen molar-refractivity contribution in [2.45, 2.75) is 44.9 Å². The van der Waals surface area contributed by atoms with Crippen LogP contribution >= 0.6 is 0 Å². The zero-order chi connectivity index (χ0) is 28.1. The van der Waals surface area contributed by atoms with E-state index in [4.69, 9.17) is 14.7 Å². The average molecular weight is 526 g/mol. The number of hydrogen-bond acceptors (Lipinski definition) is 9. The maximum atomic E-state index is 13.0. The Bertz CT molecular complexity index is 1170. The van der Waals surface area contributed by atoms with E-state index in [9.17, 15) is 24.6 Å². The van der Waals surface area contributed by atoms with Gasteiger partial charge in [0.2, 0.25) is 5.91 Å². The van der Waals surface area contributed by atoms with Gasteiger partial charge in [-0.05, 0) is 50.6 Å². The number of amides is 3. The average Bonchev–Trinajstić information content (AvgIpc) is 2.86. The molecule has 0 fully saturated rings. The number of nitrogens with one attached hydrogen (secondary N) is 3. The first kappa shape index (κ1) is 29.6. The molecule has 2 aromatic rings. The van der Waals surface area contributed by atoms with E-state index >= 15 is 0 Å². The van der Waals surface area contributed by atoms with Gasteiger partial charge in [-0.15, -0.1) is 0 Å². The molecule has 0 aromatic heterocycles. The second kappa shape index (κ2) is 14.2. The molecule has 0 bridgehead atoms. The largest absolute Gasteiger partial charge is 0.508 e. The van der Waals surface area contributed by atoms with Crippen LogP contribution in [0.15, 0.2) is 53.6 Å². The van der Waals surface area contributed by atoms with E-state index in [0.717, 1.165) is 0 Å². The zero-order valence-corrected chi connectivity index (χ0v) is 21.3. The van der Waals surface area contributed by atoms with Gasteiger partial charge in [0.15, 0.2) is 6.61 Å². The fraction of sp³-hybridized carbons (Fsp3) is 0.346. The molecule has 2 rings (SSSR count). The lowest BCUT2D eigenvalue weighted by Crippen LogP contribution is -2.55. The van der Waals surface area contributed by atoms with Crippen LogP contribution in [0.2, 0.25) is 0 Å². The number of nitriles is 1. The van der Waals surface area contributed by atoms with Gasteiger partial charge in [0, 0.05) is 12.0 Å². The molecular formula is C26H31N5O7. The van der Waals surface area contributed by atoms with Crippen LogP contribution in [-0.2, 0) is 20.7 Å². The van der Waals surface area contributed by atoms with E-state index in [2.05, 4.69) is 21.2 Å². The summed E-state index contributed by atoms with van der Waals surface area (Å²) in [6, 6.07) is 12.1. The molecule has 0 aliphatic carbocycles. The van der Waals surface area contributed by atoms with Gasteiger partial charge >= 0.3 is 6.09 Å². The number of phenolic OH excluding ortho intramolecular Hbond substituents is 1. The molecule has 12 heteroatoms. The Kier molecular flexibility index (Phi) is 11.1. The first-order valence-electron chi connectivity index (χ1n) is 11.6. The number of alkyl carbamates (subject to hydrolysis) is 1. The van der Waals surface area contributed by atoms with Crippen LogP contribution in [0.5, 0.6) is 11.5 Å². The molecule has 0 saturated carbocycles. The molecule has 5 N–H and O–H groups in total. The number of carbonyl (C=O) groups is 3. The molecule has 0 unspecified atom stereocenters. The Morgan fingerprint density at radius 3 is 2.37 bits per heavy atom. The number of carbonyl (C=O) groups excluding carboxylic acids is 3. The van der Waals surface area contributed by atoms with E-state index in [1.165, 1.54) is 18.3 Å². The number of para-hydroxylation sites is 1. The maximum absolute atomic E-state index is 13.0. The number of rotatable bonds is 11. The molecule has 0 aliphatic rings. The molecule has 0 radical (unpaired) electrons. The van der Waals surface area contributed by atoms with Gasteiger partial charge in [0.1, 0.15) is 35.3 Å². The summed E-state index contributed by atoms with van der Waals surface area (Å²) in [5.41, 5.74) is 2.65. The number of aliphatic hydroxyl groups excluding tert-OH is 1. The summed E-state index contributed by atoms with van der Waals surface area (Å²) < 4.78 is 10.4. The van der Waals surface area contributed by atoms with Crippen LogP contribution in [0.25, 0.3) is 0 Å². The van der Waals surface area contributed by atoms with E-state index in [1.54, 1.807) is 57.2 Å². The smallest absolute Gasteiger partial charge is 0.408 e. The molecule has 2 atom stereocenters. The lowest BCUT2D eigenvalue weighted by molar-refractivity contribution is -0.130. The van der Waals surface area contributed by atoms with Gasteiger partial charge in [-0.3, -0.25) is 9.59 Å². The highest BCUT2D eigenvalue weighted by atomic mass is 16.6. The summed E-state index contributed by atoms with van der Waals surface area (Å²) in [6.45, 7) is 4.03. The molecule has 0 saturated heterocycles. The van der Waals surface area contributed by atoms with Crippen LogP contribution in [0.4, 0.5) is 4.79 Å². The van der Waals surface area contributed by atoms with Crippen molar-refractivity contribution in [2.75, 3.05) is 13.2 Å². The van der Waals surface area contributed by atoms with Gasteiger partial charge in [-0.1, -0.05) is 24.3 Å². The highest BCUT2D eigenvalue weighted by Crippen LogP contribution is 2.16. The lowest BCUT2D eigenvalue weighted by atomic mass is 10.0. The summed E-state index contributed by atoms with van der Waals surface area (Å²) in [7, 11) is 0. The van der Waals surface area contributed by atoms with Crippen LogP contribution in [0.1, 0.15) is 31.9 Å². The number of ether oxygens (including phenoxy) is 2. The quantitative estimate of drug-likeness (QED) is 0.215. The molecule has 0 spiro atoms. The number of hydrazone groups is 1. The van der Waals surface area contributed by atoms with Crippen LogP contribution < -0.4 is 20.8 Å². The van der Waals surface area contributed by atoms with E-state index in [1.807, 2.05) is 6.07 Å². The van der Waals surface area contributed by atoms with Crippen molar-refractivity contribution in [1.82, 2.24) is 16.1 Å². The highest BCUT2D eigenvalue weighted by molar-refractivity contribution is 5.92. The topological polar surface area (TPSA) is 182 Å². The Labute approximate surface area is 220 Å². The zero-order valence-electron chi connectivity index (χ0n) is 21.3. The molecule has 0 heterocycles. The minimum Gasteiger partial charge on any atom is -0.508 e. The molecule has 38 heavy (non-hydrogen) atoms. The third-order valence-electron chi connectivity index (χ3n) is 4.79. The van der Waals surface area contributed by atoms with Gasteiger partial charge in [-0.25, -0.2) is 10.2 Å². The van der Waals surface area contributed by atoms with Gasteiger partial charge < -0.3 is 30.3 Å². The third kappa shape index (κ3) is 10.2. The minimum atomic E-state index is -1.38. The predicted molar refractivity (Wildman–Crippen MR) is 137 cm³/mol. The standard InChI is InChI=1S/C26H31N5O7/c1-26(2,3)38-25(36)30-21(16-32)23(34)29-20(14-17-8-10-19(33)11-9-17)24(35)31-28-15-18-6-4-5-7-22(18)37-13-12-27/h4-11,15,20-21,32-33H,13-14,16H2,1-3H3,(H,29,34)(H,30,36)(H,31,35)/b28-15-/t20-,21-/m0/s1. The molecule has 12 nitrogen and oxygen atoms in total. The van der Waals surface area contributed by atoms with Crippen molar-refractivity contribution in [1.29, 1.82) is 5.26 Å². The Balaban J connectivity index is 2.16. The maximum Gasteiger partial charge on any atom is 0.408 e. The fourth-order valence-corrected chi connectivity index (χ4v) is 3.07. The first-order chi connectivity index (χ1) is 18.0. The van der Waals surface area contributed by atoms with Crippen molar-refractivity contribution >= 4 is 24.1 Å². The van der Waals surface area contributed by atoms with Gasteiger partial charge in [0.05, 0.1) is 12.8 Å². The normalized spacial score (nSPS) is 12.6. The molecule has 2 aromatic carbocycles. The number of aromatic hydroxyl groups is 1. The SMILES string of the molecule is CC(C)(C)OC(=O)N[C@@H](CO)C(=O)N[C@@H](Cc1ccc(O)cc1)C(=O)N/N=C\c1ccccc1OCC#N. The number of benzene rings is 2. The first-order valence-corrected chi connectivity index (χ1v) is 11.6. The van der Waals surface area contributed by atoms with Crippen LogP contribution in [0.3, 0.4) is 0 Å². The summed E-state index contributed by atoms with van der Waals surface area (Å²) in [5, 5.41) is 36.6. The highest BCUT2D eigenvalue weighted by Gasteiger charge is 2.28. The Hall–Kier alpha value is -4.63. The summed E-state index contributed by atoms with van der Waals surface area (Å²) in [6.07, 6.45) is 0.429. The summed E-state index contributed by atoms with van der Waals surface area (Å²) in [5.74, 6) is -1.09. The Morgan fingerprint density at radius 1 is 1.05 bits per heavy atom. The summed E-state index contributed by atoms with van der Waals surface area (Å²) in [4.78, 5) is 37.9. The fourth-order valence-electron chi connectivity index (χ4n) is 3.07. The van der Waals surface area contributed by atoms with Gasteiger partial charge in [0.25, 0.3) is 5.91 Å². The predicted octanol–water partition coefficient (Wildman–Crippen LogP) is 1.36. The third-order valence-corrected chi connectivity index (χ3v) is 4.79. The molecular weight excluding hydrogens is 494 g/mol. The van der Waals surface area contributed by atoms with E-state index < -0.39 is 42.2 Å². The van der Waals surface area contributed by atoms with Crippen molar-refractivity contribution in [2.24, 2.45) is 5.10 Å². The van der Waals surface area contributed by atoms with Crippen molar-refractivity contribution < 1.29 is 34.1 Å². The minimum absolute atomic E-state index is 0.0137. The lowest BCUT2D eigenvalue weighted by Gasteiger charge is -2.24. The van der Waals surface area contributed by atoms with Crippen LogP contribution in [0, 0.1) is 11.3 Å². The van der Waals surface area contributed by atoms with Crippen molar-refractivity contribution in [3.8, 4) is 17.6 Å². The van der Waals surface area contributed by atoms with E-state index in [-0.39, 0.29) is 18.8 Å². The molecule has 0 aliphatic heterocycles. The number of nitrogens with zero attached hydrogens (tertiary/aromatic N) is 2. The number of aliphatic hydroxyl groups is 1. The second-order valence-corrected chi connectivity index (χ2v) is 9.03. The summed E-state index contributed by atoms with van der Waals surface area (Å²) >= 11 is 0. The van der Waals surface area contributed by atoms with Crippen LogP contribution in [-0.4, -0.2) is 65.2 Å². The molecule has 202 valence electrons. The molecule has 3 amide bonds. The van der Waals surface area contributed by atoms with Gasteiger partial charge in [-0.2, -0.15) is 10.4 Å². The van der Waals surface area contributed by atoms with Crippen molar-refractivity contribution in [3.63, 3.8) is 0 Å².